The first kappa shape index (κ1) is 17.7. The van der Waals surface area contributed by atoms with E-state index in [1.807, 2.05) is 0 Å². The number of methoxy groups -OCH3 is 1. The summed E-state index contributed by atoms with van der Waals surface area (Å²) in [6, 6.07) is -1.56. The van der Waals surface area contributed by atoms with Crippen LogP contribution in [0.2, 0.25) is 0 Å². The summed E-state index contributed by atoms with van der Waals surface area (Å²) in [5.74, 6) is -1.35. The number of carbonyl (C=O) groups is 2. The highest BCUT2D eigenvalue weighted by Crippen LogP contribution is 2.20. The van der Waals surface area contributed by atoms with Crippen LogP contribution < -0.4 is 5.32 Å². The maximum Gasteiger partial charge on any atom is 0.326 e. The molecule has 0 saturated carbocycles. The Hall–Kier alpha value is -1.39. The van der Waals surface area contributed by atoms with Gasteiger partial charge in [0.05, 0.1) is 11.9 Å². The van der Waals surface area contributed by atoms with Crippen LogP contribution in [0.4, 0.5) is 4.79 Å². The number of sulfonamides is 1. The fraction of sp³-hybridized carbons (Fsp3) is 0.818. The third-order valence-corrected chi connectivity index (χ3v) is 5.17. The molecule has 0 radical (unpaired) electrons. The van der Waals surface area contributed by atoms with Crippen molar-refractivity contribution in [1.29, 1.82) is 0 Å². The molecule has 1 saturated heterocycles. The van der Waals surface area contributed by atoms with Crippen LogP contribution in [-0.4, -0.2) is 86.9 Å². The Morgan fingerprint density at radius 1 is 1.43 bits per heavy atom. The second kappa shape index (κ2) is 7.05. The lowest BCUT2D eigenvalue weighted by Gasteiger charge is -2.21. The number of nitrogens with zero attached hydrogens (tertiary/aromatic N) is 2. The molecule has 0 bridgehead atoms. The summed E-state index contributed by atoms with van der Waals surface area (Å²) in [6.07, 6.45) is -0.114. The summed E-state index contributed by atoms with van der Waals surface area (Å²) >= 11 is 0. The largest absolute Gasteiger partial charge is 0.480 e. The van der Waals surface area contributed by atoms with E-state index in [9.17, 15) is 18.0 Å². The Morgan fingerprint density at radius 2 is 2.05 bits per heavy atom. The Bertz CT molecular complexity index is 492. The Kier molecular flexibility index (Phi) is 5.93. The SMILES string of the molecule is COC1CC(C(=O)O)N(C(=O)NCCS(=O)(=O)N(C)C)C1. The summed E-state index contributed by atoms with van der Waals surface area (Å²) < 4.78 is 29.2. The van der Waals surface area contributed by atoms with E-state index in [2.05, 4.69) is 5.32 Å². The molecule has 21 heavy (non-hydrogen) atoms. The molecule has 0 aromatic rings. The molecule has 9 nitrogen and oxygen atoms in total. The first-order valence-electron chi connectivity index (χ1n) is 6.39. The molecule has 2 atom stereocenters. The van der Waals surface area contributed by atoms with Crippen molar-refractivity contribution in [3.05, 3.63) is 0 Å². The summed E-state index contributed by atoms with van der Waals surface area (Å²) in [5.41, 5.74) is 0. The number of aliphatic carboxylic acids is 1. The minimum absolute atomic E-state index is 0.0835. The van der Waals surface area contributed by atoms with Gasteiger partial charge in [0.15, 0.2) is 0 Å². The Morgan fingerprint density at radius 3 is 2.52 bits per heavy atom. The van der Waals surface area contributed by atoms with Gasteiger partial charge in [-0.1, -0.05) is 0 Å². The molecule has 0 spiro atoms. The molecule has 122 valence electrons. The van der Waals surface area contributed by atoms with Gasteiger partial charge in [0.1, 0.15) is 6.04 Å². The molecule has 1 aliphatic heterocycles. The molecule has 2 N–H and O–H groups in total. The molecule has 1 aliphatic rings. The maximum atomic E-state index is 12.0. The fourth-order valence-electron chi connectivity index (χ4n) is 2.00. The smallest absolute Gasteiger partial charge is 0.326 e. The zero-order valence-electron chi connectivity index (χ0n) is 12.3. The highest BCUT2D eigenvalue weighted by Gasteiger charge is 2.39. The molecule has 10 heteroatoms. The summed E-state index contributed by atoms with van der Waals surface area (Å²) in [4.78, 5) is 24.2. The number of hydrogen-bond donors (Lipinski definition) is 2. The lowest BCUT2D eigenvalue weighted by Crippen LogP contribution is -2.47. The van der Waals surface area contributed by atoms with Gasteiger partial charge in [-0.2, -0.15) is 0 Å². The lowest BCUT2D eigenvalue weighted by molar-refractivity contribution is -0.141. The normalized spacial score (nSPS) is 22.6. The third-order valence-electron chi connectivity index (χ3n) is 3.33. The third kappa shape index (κ3) is 4.55. The van der Waals surface area contributed by atoms with Gasteiger partial charge in [0.25, 0.3) is 0 Å². The van der Waals surface area contributed by atoms with Crippen LogP contribution in [0.3, 0.4) is 0 Å². The Balaban J connectivity index is 2.57. The number of rotatable bonds is 6. The molecule has 0 aliphatic carbocycles. The van der Waals surface area contributed by atoms with Crippen LogP contribution in [0, 0.1) is 0 Å². The number of urea groups is 1. The number of amides is 2. The van der Waals surface area contributed by atoms with Gasteiger partial charge >= 0.3 is 12.0 Å². The monoisotopic (exact) mass is 323 g/mol. The van der Waals surface area contributed by atoms with E-state index in [0.717, 1.165) is 9.21 Å². The summed E-state index contributed by atoms with van der Waals surface area (Å²) in [7, 11) is 0.857. The average molecular weight is 323 g/mol. The summed E-state index contributed by atoms with van der Waals surface area (Å²) in [6.45, 7) is 0.0829. The van der Waals surface area contributed by atoms with Crippen LogP contribution in [0.5, 0.6) is 0 Å². The maximum absolute atomic E-state index is 12.0. The average Bonchev–Trinajstić information content (AvgIpc) is 2.82. The first-order valence-corrected chi connectivity index (χ1v) is 8.00. The van der Waals surface area contributed by atoms with Gasteiger partial charge in [-0.15, -0.1) is 0 Å². The number of hydrogen-bond acceptors (Lipinski definition) is 5. The van der Waals surface area contributed by atoms with Gasteiger partial charge in [-0.3, -0.25) is 0 Å². The topological polar surface area (TPSA) is 116 Å². The van der Waals surface area contributed by atoms with Crippen LogP contribution in [0.15, 0.2) is 0 Å². The second-order valence-electron chi connectivity index (χ2n) is 4.93. The molecule has 1 heterocycles. The zero-order valence-corrected chi connectivity index (χ0v) is 13.1. The number of nitrogens with one attached hydrogen (secondary N) is 1. The number of carboxylic acids is 1. The number of carbonyl (C=O) groups excluding carboxylic acids is 1. The molecule has 2 unspecified atom stereocenters. The molecule has 1 fully saturated rings. The molecular weight excluding hydrogens is 302 g/mol. The minimum Gasteiger partial charge on any atom is -0.480 e. The van der Waals surface area contributed by atoms with E-state index in [1.54, 1.807) is 0 Å². The van der Waals surface area contributed by atoms with Crippen molar-refractivity contribution in [2.24, 2.45) is 0 Å². The number of ether oxygens (including phenoxy) is 1. The van der Waals surface area contributed by atoms with E-state index in [0.29, 0.717) is 0 Å². The van der Waals surface area contributed by atoms with Gasteiger partial charge in [0, 0.05) is 40.7 Å². The van der Waals surface area contributed by atoms with E-state index in [4.69, 9.17) is 9.84 Å². The quantitative estimate of drug-likeness (QED) is 0.632. The van der Waals surface area contributed by atoms with Crippen molar-refractivity contribution < 1.29 is 27.9 Å². The molecular formula is C11H21N3O6S. The van der Waals surface area contributed by atoms with Crippen molar-refractivity contribution in [2.45, 2.75) is 18.6 Å². The van der Waals surface area contributed by atoms with E-state index >= 15 is 0 Å². The molecule has 2 amide bonds. The molecule has 0 aromatic carbocycles. The zero-order chi connectivity index (χ0) is 16.2. The van der Waals surface area contributed by atoms with Crippen LogP contribution >= 0.6 is 0 Å². The lowest BCUT2D eigenvalue weighted by atomic mass is 10.2. The fourth-order valence-corrected chi connectivity index (χ4v) is 2.72. The van der Waals surface area contributed by atoms with E-state index in [1.165, 1.54) is 21.2 Å². The van der Waals surface area contributed by atoms with Crippen molar-refractivity contribution in [3.8, 4) is 0 Å². The van der Waals surface area contributed by atoms with E-state index < -0.39 is 28.1 Å². The first-order chi connectivity index (χ1) is 9.69. The highest BCUT2D eigenvalue weighted by atomic mass is 32.2. The number of likely N-dealkylation sites (tertiary alicyclic amines) is 1. The number of carboxylic acid groups (broad SMARTS) is 1. The molecule has 0 aromatic heterocycles. The standard InChI is InChI=1S/C11H21N3O6S/c1-13(2)21(18,19)5-4-12-11(17)14-7-8(20-3)6-9(14)10(15)16/h8-9H,4-7H2,1-3H3,(H,12,17)(H,15,16). The summed E-state index contributed by atoms with van der Waals surface area (Å²) in [5, 5.41) is 11.5. The molecule has 1 rings (SSSR count). The van der Waals surface area contributed by atoms with Gasteiger partial charge < -0.3 is 20.1 Å². The van der Waals surface area contributed by atoms with Crippen molar-refractivity contribution in [2.75, 3.05) is 40.0 Å². The second-order valence-corrected chi connectivity index (χ2v) is 7.23. The predicted octanol–water partition coefficient (Wildman–Crippen LogP) is -1.24. The Labute approximate surface area is 123 Å². The van der Waals surface area contributed by atoms with E-state index in [-0.39, 0.29) is 31.4 Å². The van der Waals surface area contributed by atoms with Crippen LogP contribution in [0.25, 0.3) is 0 Å². The van der Waals surface area contributed by atoms with Crippen LogP contribution in [0.1, 0.15) is 6.42 Å². The predicted molar refractivity (Wildman–Crippen MR) is 74.4 cm³/mol. The van der Waals surface area contributed by atoms with Gasteiger partial charge in [-0.05, 0) is 0 Å². The van der Waals surface area contributed by atoms with Crippen LogP contribution in [-0.2, 0) is 19.6 Å². The van der Waals surface area contributed by atoms with Gasteiger partial charge in [0.2, 0.25) is 10.0 Å². The van der Waals surface area contributed by atoms with Crippen molar-refractivity contribution in [3.63, 3.8) is 0 Å². The van der Waals surface area contributed by atoms with Crippen molar-refractivity contribution >= 4 is 22.0 Å². The highest BCUT2D eigenvalue weighted by molar-refractivity contribution is 7.89. The van der Waals surface area contributed by atoms with Gasteiger partial charge in [-0.25, -0.2) is 22.3 Å². The minimum atomic E-state index is -3.40. The van der Waals surface area contributed by atoms with Crippen molar-refractivity contribution in [1.82, 2.24) is 14.5 Å².